The second kappa shape index (κ2) is 7.14. The Morgan fingerprint density at radius 3 is 2.33 bits per heavy atom. The fourth-order valence-corrected chi connectivity index (χ4v) is 3.60. The monoisotopic (exact) mass is 296 g/mol. The zero-order valence-electron chi connectivity index (χ0n) is 13.0. The fraction of sp³-hybridized carbons (Fsp3) is 0.875. The topological polar surface area (TPSA) is 78.4 Å². The van der Waals surface area contributed by atoms with E-state index in [-0.39, 0.29) is 6.03 Å². The van der Waals surface area contributed by atoms with E-state index in [1.807, 2.05) is 0 Å². The standard InChI is InChI=1S/C16H28N2O3/c1-12-6-9-16(10-7-12,14(19)20)18-15(21)17-11-8-13-4-2-3-5-13/h12-13H,2-11H2,1H3,(H,19,20)(H2,17,18,21). The van der Waals surface area contributed by atoms with Gasteiger partial charge in [-0.1, -0.05) is 32.6 Å². The van der Waals surface area contributed by atoms with Crippen molar-refractivity contribution in [1.82, 2.24) is 10.6 Å². The van der Waals surface area contributed by atoms with Crippen molar-refractivity contribution in [2.75, 3.05) is 6.54 Å². The van der Waals surface area contributed by atoms with Gasteiger partial charge in [-0.3, -0.25) is 0 Å². The number of urea groups is 1. The van der Waals surface area contributed by atoms with Gasteiger partial charge in [0, 0.05) is 6.54 Å². The van der Waals surface area contributed by atoms with Crippen LogP contribution in [0, 0.1) is 11.8 Å². The minimum Gasteiger partial charge on any atom is -0.480 e. The third-order valence-corrected chi connectivity index (χ3v) is 5.20. The number of carbonyl (C=O) groups is 2. The van der Waals surface area contributed by atoms with E-state index in [1.165, 1.54) is 25.7 Å². The van der Waals surface area contributed by atoms with Crippen LogP contribution in [0.15, 0.2) is 0 Å². The Morgan fingerprint density at radius 1 is 1.14 bits per heavy atom. The quantitative estimate of drug-likeness (QED) is 0.730. The average molecular weight is 296 g/mol. The maximum absolute atomic E-state index is 12.0. The zero-order chi connectivity index (χ0) is 15.3. The van der Waals surface area contributed by atoms with Crippen LogP contribution in [-0.4, -0.2) is 29.2 Å². The van der Waals surface area contributed by atoms with Crippen molar-refractivity contribution < 1.29 is 14.7 Å². The zero-order valence-corrected chi connectivity index (χ0v) is 13.0. The van der Waals surface area contributed by atoms with Gasteiger partial charge in [0.25, 0.3) is 0 Å². The molecule has 2 aliphatic carbocycles. The summed E-state index contributed by atoms with van der Waals surface area (Å²) in [4.78, 5) is 23.5. The molecule has 0 atom stereocenters. The summed E-state index contributed by atoms with van der Waals surface area (Å²) < 4.78 is 0. The molecule has 2 saturated carbocycles. The van der Waals surface area contributed by atoms with Gasteiger partial charge < -0.3 is 15.7 Å². The first kappa shape index (κ1) is 16.1. The molecule has 21 heavy (non-hydrogen) atoms. The van der Waals surface area contributed by atoms with Gasteiger partial charge in [0.2, 0.25) is 0 Å². The molecule has 2 aliphatic rings. The van der Waals surface area contributed by atoms with E-state index in [1.54, 1.807) is 0 Å². The van der Waals surface area contributed by atoms with E-state index in [0.29, 0.717) is 25.3 Å². The van der Waals surface area contributed by atoms with Crippen LogP contribution in [0.25, 0.3) is 0 Å². The summed E-state index contributed by atoms with van der Waals surface area (Å²) in [6.07, 6.45) is 8.90. The second-order valence-corrected chi connectivity index (χ2v) is 6.89. The minimum absolute atomic E-state index is 0.329. The Balaban J connectivity index is 1.77. The largest absolute Gasteiger partial charge is 0.480 e. The summed E-state index contributed by atoms with van der Waals surface area (Å²) in [5.41, 5.74) is -1.07. The molecule has 0 bridgehead atoms. The second-order valence-electron chi connectivity index (χ2n) is 6.89. The fourth-order valence-electron chi connectivity index (χ4n) is 3.60. The number of amides is 2. The van der Waals surface area contributed by atoms with Crippen molar-refractivity contribution >= 4 is 12.0 Å². The van der Waals surface area contributed by atoms with Crippen molar-refractivity contribution in [3.8, 4) is 0 Å². The molecule has 0 saturated heterocycles. The van der Waals surface area contributed by atoms with Gasteiger partial charge in [-0.2, -0.15) is 0 Å². The molecule has 0 aromatic carbocycles. The highest BCUT2D eigenvalue weighted by Crippen LogP contribution is 2.32. The number of hydrogen-bond acceptors (Lipinski definition) is 2. The van der Waals surface area contributed by atoms with Crippen molar-refractivity contribution in [3.63, 3.8) is 0 Å². The maximum atomic E-state index is 12.0. The molecule has 0 radical (unpaired) electrons. The minimum atomic E-state index is -1.07. The predicted molar refractivity (Wildman–Crippen MR) is 81.1 cm³/mol. The number of carboxylic acids is 1. The van der Waals surface area contributed by atoms with E-state index in [9.17, 15) is 14.7 Å². The first-order valence-corrected chi connectivity index (χ1v) is 8.31. The van der Waals surface area contributed by atoms with Crippen molar-refractivity contribution in [3.05, 3.63) is 0 Å². The molecule has 3 N–H and O–H groups in total. The Hall–Kier alpha value is -1.26. The Kier molecular flexibility index (Phi) is 5.48. The van der Waals surface area contributed by atoms with E-state index in [2.05, 4.69) is 17.6 Å². The molecule has 0 aromatic rings. The SMILES string of the molecule is CC1CCC(NC(=O)NCCC2CCCC2)(C(=O)O)CC1. The lowest BCUT2D eigenvalue weighted by molar-refractivity contribution is -0.146. The van der Waals surface area contributed by atoms with Crippen molar-refractivity contribution in [2.24, 2.45) is 11.8 Å². The molecule has 0 heterocycles. The summed E-state index contributed by atoms with van der Waals surface area (Å²) in [5, 5.41) is 15.0. The van der Waals surface area contributed by atoms with Gasteiger partial charge in [0.05, 0.1) is 0 Å². The highest BCUT2D eigenvalue weighted by Gasteiger charge is 2.42. The van der Waals surface area contributed by atoms with Gasteiger partial charge in [-0.25, -0.2) is 9.59 Å². The molecule has 2 rings (SSSR count). The smallest absolute Gasteiger partial charge is 0.329 e. The number of carboxylic acid groups (broad SMARTS) is 1. The van der Waals surface area contributed by atoms with Crippen LogP contribution in [0.5, 0.6) is 0 Å². The highest BCUT2D eigenvalue weighted by atomic mass is 16.4. The molecule has 2 amide bonds. The lowest BCUT2D eigenvalue weighted by Gasteiger charge is -2.36. The van der Waals surface area contributed by atoms with Crippen LogP contribution in [0.4, 0.5) is 4.79 Å². The van der Waals surface area contributed by atoms with Crippen LogP contribution in [-0.2, 0) is 4.79 Å². The molecule has 0 unspecified atom stereocenters. The molecule has 0 aliphatic heterocycles. The Labute approximate surface area is 126 Å². The summed E-state index contributed by atoms with van der Waals surface area (Å²) in [5.74, 6) is 0.374. The number of rotatable bonds is 5. The van der Waals surface area contributed by atoms with Crippen LogP contribution in [0.3, 0.4) is 0 Å². The van der Waals surface area contributed by atoms with Crippen LogP contribution < -0.4 is 10.6 Å². The predicted octanol–water partition coefficient (Wildman–Crippen LogP) is 2.90. The van der Waals surface area contributed by atoms with Gasteiger partial charge >= 0.3 is 12.0 Å². The summed E-state index contributed by atoms with van der Waals surface area (Å²) in [6.45, 7) is 2.77. The highest BCUT2D eigenvalue weighted by molar-refractivity contribution is 5.86. The molecular formula is C16H28N2O3. The number of nitrogens with one attached hydrogen (secondary N) is 2. The number of carbonyl (C=O) groups excluding carboxylic acids is 1. The average Bonchev–Trinajstić information content (AvgIpc) is 2.94. The lowest BCUT2D eigenvalue weighted by Crippen LogP contribution is -2.58. The summed E-state index contributed by atoms with van der Waals surface area (Å²) in [7, 11) is 0. The first-order chi connectivity index (χ1) is 10.0. The normalized spacial score (nSPS) is 30.0. The molecule has 5 nitrogen and oxygen atoms in total. The van der Waals surface area contributed by atoms with Crippen molar-refractivity contribution in [2.45, 2.75) is 70.3 Å². The Bertz CT molecular complexity index is 370. The Morgan fingerprint density at radius 2 is 1.76 bits per heavy atom. The molecule has 5 heteroatoms. The van der Waals surface area contributed by atoms with Gasteiger partial charge in [0.1, 0.15) is 5.54 Å². The van der Waals surface area contributed by atoms with E-state index >= 15 is 0 Å². The maximum Gasteiger partial charge on any atom is 0.329 e. The molecule has 0 aromatic heterocycles. The third-order valence-electron chi connectivity index (χ3n) is 5.20. The van der Waals surface area contributed by atoms with E-state index < -0.39 is 11.5 Å². The molecule has 2 fully saturated rings. The number of hydrogen-bond donors (Lipinski definition) is 3. The summed E-state index contributed by atoms with van der Waals surface area (Å²) in [6, 6.07) is -0.329. The van der Waals surface area contributed by atoms with Crippen LogP contribution in [0.1, 0.15) is 64.7 Å². The van der Waals surface area contributed by atoms with Gasteiger partial charge in [-0.05, 0) is 43.9 Å². The molecule has 120 valence electrons. The van der Waals surface area contributed by atoms with Crippen LogP contribution in [0.2, 0.25) is 0 Å². The molecule has 0 spiro atoms. The first-order valence-electron chi connectivity index (χ1n) is 8.31. The summed E-state index contributed by atoms with van der Waals surface area (Å²) >= 11 is 0. The van der Waals surface area contributed by atoms with Gasteiger partial charge in [-0.15, -0.1) is 0 Å². The number of aliphatic carboxylic acids is 1. The van der Waals surface area contributed by atoms with Gasteiger partial charge in [0.15, 0.2) is 0 Å². The van der Waals surface area contributed by atoms with Crippen molar-refractivity contribution in [1.29, 1.82) is 0 Å². The molecular weight excluding hydrogens is 268 g/mol. The van der Waals surface area contributed by atoms with Crippen LogP contribution >= 0.6 is 0 Å². The van der Waals surface area contributed by atoms with E-state index in [0.717, 1.165) is 25.2 Å². The lowest BCUT2D eigenvalue weighted by atomic mass is 9.77. The third kappa shape index (κ3) is 4.35. The van der Waals surface area contributed by atoms with E-state index in [4.69, 9.17) is 0 Å².